The summed E-state index contributed by atoms with van der Waals surface area (Å²) in [6, 6.07) is 8.00. The van der Waals surface area contributed by atoms with Gasteiger partial charge in [0.05, 0.1) is 6.04 Å². The second kappa shape index (κ2) is 6.50. The molecule has 0 heterocycles. The van der Waals surface area contributed by atoms with E-state index in [1.807, 2.05) is 0 Å². The minimum atomic E-state index is -0.625. The van der Waals surface area contributed by atoms with Crippen molar-refractivity contribution in [1.29, 1.82) is 0 Å². The Hall–Kier alpha value is -1.20. The monoisotopic (exact) mass is 316 g/mol. The highest BCUT2D eigenvalue weighted by Gasteiger charge is 2.13. The third-order valence-corrected chi connectivity index (χ3v) is 3.29. The Morgan fingerprint density at radius 2 is 1.50 bits per heavy atom. The summed E-state index contributed by atoms with van der Waals surface area (Å²) < 4.78 is 26.4. The lowest BCUT2D eigenvalue weighted by molar-refractivity contribution is 0.540. The lowest BCUT2D eigenvalue weighted by Gasteiger charge is -2.17. The van der Waals surface area contributed by atoms with Crippen LogP contribution in [0.5, 0.6) is 0 Å². The molecular weight excluding hydrogens is 305 g/mol. The zero-order valence-corrected chi connectivity index (χ0v) is 11.8. The molecule has 2 aromatic rings. The number of benzene rings is 2. The van der Waals surface area contributed by atoms with E-state index in [2.05, 4.69) is 5.43 Å². The molecule has 3 N–H and O–H groups in total. The first-order valence-electron chi connectivity index (χ1n) is 5.85. The predicted molar refractivity (Wildman–Crippen MR) is 76.6 cm³/mol. The van der Waals surface area contributed by atoms with E-state index in [9.17, 15) is 8.78 Å². The van der Waals surface area contributed by atoms with E-state index in [1.165, 1.54) is 12.1 Å². The first-order chi connectivity index (χ1) is 9.47. The van der Waals surface area contributed by atoms with Crippen LogP contribution in [-0.4, -0.2) is 0 Å². The van der Waals surface area contributed by atoms with Crippen molar-refractivity contribution in [3.05, 3.63) is 69.2 Å². The summed E-state index contributed by atoms with van der Waals surface area (Å²) >= 11 is 11.9. The van der Waals surface area contributed by atoms with E-state index in [0.29, 0.717) is 22.0 Å². The fourth-order valence-electron chi connectivity index (χ4n) is 2.01. The minimum absolute atomic E-state index is 0.307. The van der Waals surface area contributed by atoms with Crippen LogP contribution < -0.4 is 11.3 Å². The summed E-state index contributed by atoms with van der Waals surface area (Å²) in [7, 11) is 0. The summed E-state index contributed by atoms with van der Waals surface area (Å²) in [5, 5.41) is 0.941. The molecule has 0 radical (unpaired) electrons. The van der Waals surface area contributed by atoms with Gasteiger partial charge >= 0.3 is 0 Å². The Balaban J connectivity index is 2.28. The van der Waals surface area contributed by atoms with Crippen LogP contribution in [0.3, 0.4) is 0 Å². The molecule has 0 saturated heterocycles. The van der Waals surface area contributed by atoms with Crippen molar-refractivity contribution >= 4 is 23.2 Å². The van der Waals surface area contributed by atoms with Crippen LogP contribution in [0, 0.1) is 11.6 Å². The number of nitrogens with two attached hydrogens (primary N) is 1. The Bertz CT molecular complexity index is 580. The first-order valence-corrected chi connectivity index (χ1v) is 6.60. The van der Waals surface area contributed by atoms with Gasteiger partial charge in [-0.3, -0.25) is 11.3 Å². The number of nitrogens with one attached hydrogen (secondary N) is 1. The van der Waals surface area contributed by atoms with Gasteiger partial charge in [-0.05, 0) is 47.9 Å². The van der Waals surface area contributed by atoms with Crippen molar-refractivity contribution < 1.29 is 8.78 Å². The van der Waals surface area contributed by atoms with Gasteiger partial charge in [-0.25, -0.2) is 8.78 Å². The van der Waals surface area contributed by atoms with Crippen LogP contribution in [0.4, 0.5) is 8.78 Å². The molecular formula is C14H12Cl2F2N2. The van der Waals surface area contributed by atoms with Crippen LogP contribution in [0.1, 0.15) is 17.2 Å². The molecule has 1 atom stereocenters. The second-order valence-corrected chi connectivity index (χ2v) is 5.28. The van der Waals surface area contributed by atoms with Crippen molar-refractivity contribution in [2.24, 2.45) is 5.84 Å². The maximum Gasteiger partial charge on any atom is 0.126 e. The molecule has 0 fully saturated rings. The summed E-state index contributed by atoms with van der Waals surface area (Å²) in [5.41, 5.74) is 3.83. The Kier molecular flexibility index (Phi) is 4.94. The average Bonchev–Trinajstić information content (AvgIpc) is 2.33. The van der Waals surface area contributed by atoms with Crippen LogP contribution in [0.25, 0.3) is 0 Å². The van der Waals surface area contributed by atoms with E-state index in [0.717, 1.165) is 11.6 Å². The normalized spacial score (nSPS) is 12.4. The summed E-state index contributed by atoms with van der Waals surface area (Å²) in [4.78, 5) is 0. The third-order valence-electron chi connectivity index (χ3n) is 2.85. The van der Waals surface area contributed by atoms with Crippen LogP contribution in [0.15, 0.2) is 36.4 Å². The van der Waals surface area contributed by atoms with Crippen LogP contribution in [0.2, 0.25) is 10.0 Å². The van der Waals surface area contributed by atoms with Crippen molar-refractivity contribution in [3.63, 3.8) is 0 Å². The molecule has 2 rings (SSSR count). The van der Waals surface area contributed by atoms with Crippen molar-refractivity contribution in [3.8, 4) is 0 Å². The van der Waals surface area contributed by atoms with Crippen LogP contribution in [-0.2, 0) is 6.42 Å². The molecule has 6 heteroatoms. The third kappa shape index (κ3) is 3.90. The van der Waals surface area contributed by atoms with Crippen molar-refractivity contribution in [1.82, 2.24) is 5.43 Å². The van der Waals surface area contributed by atoms with E-state index in [1.54, 1.807) is 18.2 Å². The predicted octanol–water partition coefficient (Wildman–Crippen LogP) is 4.02. The Labute approximate surface area is 125 Å². The lowest BCUT2D eigenvalue weighted by Crippen LogP contribution is -2.29. The lowest BCUT2D eigenvalue weighted by atomic mass is 9.99. The van der Waals surface area contributed by atoms with Crippen molar-refractivity contribution in [2.45, 2.75) is 12.5 Å². The number of hydrogen-bond donors (Lipinski definition) is 2. The van der Waals surface area contributed by atoms with E-state index >= 15 is 0 Å². The van der Waals surface area contributed by atoms with Crippen molar-refractivity contribution in [2.75, 3.05) is 0 Å². The molecule has 106 valence electrons. The SMILES string of the molecule is NNC(Cc1cc(F)cc(F)c1)c1cc(Cl)cc(Cl)c1. The Morgan fingerprint density at radius 3 is 2.00 bits per heavy atom. The van der Waals surface area contributed by atoms with Gasteiger partial charge in [0.1, 0.15) is 11.6 Å². The molecule has 0 saturated carbocycles. The molecule has 20 heavy (non-hydrogen) atoms. The summed E-state index contributed by atoms with van der Waals surface area (Å²) in [5.74, 6) is 4.26. The number of hydrazine groups is 1. The quantitative estimate of drug-likeness (QED) is 0.660. The zero-order valence-electron chi connectivity index (χ0n) is 10.3. The molecule has 0 aliphatic carbocycles. The van der Waals surface area contributed by atoms with E-state index in [4.69, 9.17) is 29.0 Å². The largest absolute Gasteiger partial charge is 0.271 e. The van der Waals surface area contributed by atoms with Gasteiger partial charge in [-0.15, -0.1) is 0 Å². The maximum atomic E-state index is 13.2. The summed E-state index contributed by atoms with van der Waals surface area (Å²) in [6.07, 6.45) is 0.307. The van der Waals surface area contributed by atoms with Gasteiger partial charge < -0.3 is 0 Å². The standard InChI is InChI=1S/C14H12Cl2F2N2/c15-10-4-9(5-11(16)6-10)14(20-19)3-8-1-12(17)7-13(18)2-8/h1-2,4-7,14,20H,3,19H2. The van der Waals surface area contributed by atoms with Gasteiger partial charge in [0.25, 0.3) is 0 Å². The molecule has 0 aromatic heterocycles. The van der Waals surface area contributed by atoms with Gasteiger partial charge in [0, 0.05) is 16.1 Å². The molecule has 0 aliphatic rings. The van der Waals surface area contributed by atoms with Crippen LogP contribution >= 0.6 is 23.2 Å². The highest BCUT2D eigenvalue weighted by Crippen LogP contribution is 2.25. The van der Waals surface area contributed by atoms with Gasteiger partial charge in [-0.1, -0.05) is 23.2 Å². The minimum Gasteiger partial charge on any atom is -0.271 e. The van der Waals surface area contributed by atoms with E-state index in [-0.39, 0.29) is 6.04 Å². The molecule has 1 unspecified atom stereocenters. The molecule has 2 nitrogen and oxygen atoms in total. The fourth-order valence-corrected chi connectivity index (χ4v) is 2.56. The van der Waals surface area contributed by atoms with Gasteiger partial charge in [-0.2, -0.15) is 0 Å². The highest BCUT2D eigenvalue weighted by molar-refractivity contribution is 6.34. The van der Waals surface area contributed by atoms with Gasteiger partial charge in [0.2, 0.25) is 0 Å². The second-order valence-electron chi connectivity index (χ2n) is 4.40. The molecule has 0 spiro atoms. The number of rotatable bonds is 4. The summed E-state index contributed by atoms with van der Waals surface area (Å²) in [6.45, 7) is 0. The smallest absolute Gasteiger partial charge is 0.126 e. The molecule has 0 bridgehead atoms. The number of hydrogen-bond acceptors (Lipinski definition) is 2. The highest BCUT2D eigenvalue weighted by atomic mass is 35.5. The molecule has 2 aromatic carbocycles. The zero-order chi connectivity index (χ0) is 14.7. The topological polar surface area (TPSA) is 38.0 Å². The molecule has 0 aliphatic heterocycles. The van der Waals surface area contributed by atoms with E-state index < -0.39 is 11.6 Å². The fraction of sp³-hybridized carbons (Fsp3) is 0.143. The molecule has 0 amide bonds. The number of halogens is 4. The van der Waals surface area contributed by atoms with Gasteiger partial charge in [0.15, 0.2) is 0 Å². The maximum absolute atomic E-state index is 13.2. The first kappa shape index (κ1) is 15.2. The average molecular weight is 317 g/mol. The Morgan fingerprint density at radius 1 is 0.950 bits per heavy atom.